The van der Waals surface area contributed by atoms with E-state index < -0.39 is 33.5 Å². The van der Waals surface area contributed by atoms with E-state index in [9.17, 15) is 20.2 Å². The van der Waals surface area contributed by atoms with Crippen LogP contribution in [0.1, 0.15) is 34.1 Å². The van der Waals surface area contributed by atoms with Crippen molar-refractivity contribution in [3.05, 3.63) is 20.2 Å². The number of nitrogens with one attached hydrogen (secondary N) is 1. The summed E-state index contributed by atoms with van der Waals surface area (Å²) in [6.45, 7) is 7.04. The van der Waals surface area contributed by atoms with Gasteiger partial charge in [0, 0.05) is 11.1 Å². The molecule has 0 aromatic heterocycles. The molecule has 2 unspecified atom stereocenters. The quantitative estimate of drug-likeness (QED) is 0.585. The molecule has 1 rings (SSSR count). The molecule has 9 heteroatoms. The molecule has 104 valence electrons. The van der Waals surface area contributed by atoms with E-state index in [4.69, 9.17) is 0 Å². The Kier molecular flexibility index (Phi) is 3.65. The van der Waals surface area contributed by atoms with Crippen LogP contribution in [0.3, 0.4) is 0 Å². The fourth-order valence-electron chi connectivity index (χ4n) is 2.56. The highest BCUT2D eigenvalue weighted by Gasteiger charge is 2.49. The highest BCUT2D eigenvalue weighted by atomic mass is 17.0. The van der Waals surface area contributed by atoms with Crippen LogP contribution in [0.25, 0.3) is 0 Å². The number of hydrogen-bond acceptors (Lipinski definition) is 7. The van der Waals surface area contributed by atoms with Crippen molar-refractivity contribution in [2.45, 2.75) is 57.4 Å². The third-order valence-electron chi connectivity index (χ3n) is 2.84. The first-order chi connectivity index (χ1) is 8.03. The van der Waals surface area contributed by atoms with E-state index in [1.165, 1.54) is 0 Å². The van der Waals surface area contributed by atoms with Crippen molar-refractivity contribution in [2.75, 3.05) is 0 Å². The minimum absolute atomic E-state index is 0.232. The Morgan fingerprint density at radius 3 is 2.06 bits per heavy atom. The zero-order valence-corrected chi connectivity index (χ0v) is 10.7. The molecule has 1 N–H and O–H groups in total. The van der Waals surface area contributed by atoms with Crippen molar-refractivity contribution < 1.29 is 19.8 Å². The Balaban J connectivity index is 2.98. The lowest BCUT2D eigenvalue weighted by Crippen LogP contribution is -2.68. The van der Waals surface area contributed by atoms with E-state index in [0.717, 1.165) is 0 Å². The van der Waals surface area contributed by atoms with Gasteiger partial charge in [-0.05, 0) is 34.1 Å². The lowest BCUT2D eigenvalue weighted by Gasteiger charge is -2.49. The lowest BCUT2D eigenvalue weighted by molar-refractivity contribution is -0.802. The third-order valence-corrected chi connectivity index (χ3v) is 2.84. The number of rotatable bonds is 4. The highest BCUT2D eigenvalue weighted by molar-refractivity contribution is 5.03. The summed E-state index contributed by atoms with van der Waals surface area (Å²) in [5.41, 5.74) is -1.27. The maximum atomic E-state index is 10.5. The van der Waals surface area contributed by atoms with Crippen LogP contribution in [0.5, 0.6) is 0 Å². The molecule has 18 heavy (non-hydrogen) atoms. The van der Waals surface area contributed by atoms with Gasteiger partial charge in [0.05, 0.1) is 0 Å². The second-order valence-electron chi connectivity index (χ2n) is 5.55. The topological polar surface area (TPSA) is 117 Å². The summed E-state index contributed by atoms with van der Waals surface area (Å²) >= 11 is 0. The first-order valence-electron chi connectivity index (χ1n) is 5.45. The van der Waals surface area contributed by atoms with Crippen molar-refractivity contribution in [2.24, 2.45) is 0 Å². The van der Waals surface area contributed by atoms with Gasteiger partial charge in [-0.15, -0.1) is 20.2 Å². The molecule has 1 heterocycles. The largest absolute Gasteiger partial charge is 0.308 e. The van der Waals surface area contributed by atoms with Gasteiger partial charge in [-0.1, -0.05) is 0 Å². The predicted molar refractivity (Wildman–Crippen MR) is 59.6 cm³/mol. The average molecular weight is 263 g/mol. The number of hydrogen-bond donors (Lipinski definition) is 1. The van der Waals surface area contributed by atoms with Gasteiger partial charge in [0.15, 0.2) is 6.10 Å². The maximum absolute atomic E-state index is 10.5. The van der Waals surface area contributed by atoms with Crippen molar-refractivity contribution in [3.63, 3.8) is 0 Å². The zero-order valence-electron chi connectivity index (χ0n) is 10.7. The van der Waals surface area contributed by atoms with Gasteiger partial charge in [-0.25, -0.2) is 0 Å². The monoisotopic (exact) mass is 263 g/mol. The molecule has 1 aliphatic heterocycles. The van der Waals surface area contributed by atoms with Crippen LogP contribution >= 0.6 is 0 Å². The third kappa shape index (κ3) is 3.42. The van der Waals surface area contributed by atoms with Gasteiger partial charge in [0.2, 0.25) is 0 Å². The van der Waals surface area contributed by atoms with Gasteiger partial charge in [-0.3, -0.25) is 0 Å². The summed E-state index contributed by atoms with van der Waals surface area (Å²) in [5, 5.41) is 22.2. The molecule has 1 aliphatic rings. The Labute approximate surface area is 104 Å². The maximum Gasteiger partial charge on any atom is 0.294 e. The van der Waals surface area contributed by atoms with Crippen LogP contribution in [0.15, 0.2) is 0 Å². The van der Waals surface area contributed by atoms with Crippen LogP contribution in [-0.4, -0.2) is 33.5 Å². The SMILES string of the molecule is CC1(C)CC(O[N+](=O)[O-])C(O[N+](=O)[O-])C(C)(C)N1. The first-order valence-corrected chi connectivity index (χ1v) is 5.45. The van der Waals surface area contributed by atoms with E-state index >= 15 is 0 Å². The molecule has 0 saturated carbocycles. The van der Waals surface area contributed by atoms with Crippen LogP contribution in [0.4, 0.5) is 0 Å². The minimum Gasteiger partial charge on any atom is -0.308 e. The molecule has 0 amide bonds. The second-order valence-corrected chi connectivity index (χ2v) is 5.55. The molecular weight excluding hydrogens is 246 g/mol. The molecule has 0 radical (unpaired) electrons. The lowest BCUT2D eigenvalue weighted by atomic mass is 9.78. The molecular formula is C9H17N3O6. The van der Waals surface area contributed by atoms with E-state index in [0.29, 0.717) is 0 Å². The molecule has 2 atom stereocenters. The smallest absolute Gasteiger partial charge is 0.294 e. The Morgan fingerprint density at radius 1 is 1.11 bits per heavy atom. The van der Waals surface area contributed by atoms with E-state index in [1.807, 2.05) is 13.8 Å². The Bertz CT molecular complexity index is 356. The van der Waals surface area contributed by atoms with Gasteiger partial charge in [0.1, 0.15) is 6.10 Å². The highest BCUT2D eigenvalue weighted by Crippen LogP contribution is 2.32. The number of nitrogens with zero attached hydrogens (tertiary/aromatic N) is 2. The number of piperidine rings is 1. The van der Waals surface area contributed by atoms with Crippen molar-refractivity contribution in [1.29, 1.82) is 0 Å². The van der Waals surface area contributed by atoms with Crippen molar-refractivity contribution in [3.8, 4) is 0 Å². The normalized spacial score (nSPS) is 29.3. The Morgan fingerprint density at radius 2 is 1.61 bits per heavy atom. The first kappa shape index (κ1) is 14.4. The molecule has 0 bridgehead atoms. The summed E-state index contributed by atoms with van der Waals surface area (Å²) in [5.74, 6) is 0. The van der Waals surface area contributed by atoms with Crippen molar-refractivity contribution in [1.82, 2.24) is 5.32 Å². The van der Waals surface area contributed by atoms with Gasteiger partial charge >= 0.3 is 0 Å². The second kappa shape index (κ2) is 4.56. The van der Waals surface area contributed by atoms with Gasteiger partial charge in [-0.2, -0.15) is 0 Å². The average Bonchev–Trinajstić information content (AvgIpc) is 2.07. The van der Waals surface area contributed by atoms with E-state index in [-0.39, 0.29) is 6.42 Å². The molecule has 0 aromatic carbocycles. The van der Waals surface area contributed by atoms with Crippen molar-refractivity contribution >= 4 is 0 Å². The summed E-state index contributed by atoms with van der Waals surface area (Å²) < 4.78 is 0. The minimum atomic E-state index is -1.05. The Hall–Kier alpha value is -1.64. The van der Waals surface area contributed by atoms with Crippen LogP contribution in [-0.2, 0) is 9.68 Å². The summed E-state index contributed by atoms with van der Waals surface area (Å²) in [6.07, 6.45) is -1.81. The van der Waals surface area contributed by atoms with Crippen LogP contribution < -0.4 is 5.32 Å². The van der Waals surface area contributed by atoms with E-state index in [2.05, 4.69) is 15.0 Å². The van der Waals surface area contributed by atoms with Crippen LogP contribution in [0, 0.1) is 20.2 Å². The molecule has 9 nitrogen and oxygen atoms in total. The predicted octanol–water partition coefficient (Wildman–Crippen LogP) is 0.691. The van der Waals surface area contributed by atoms with Gasteiger partial charge in [0.25, 0.3) is 10.2 Å². The fraction of sp³-hybridized carbons (Fsp3) is 1.00. The molecule has 0 aliphatic carbocycles. The molecule has 0 aromatic rings. The summed E-state index contributed by atoms with van der Waals surface area (Å²) in [4.78, 5) is 30.0. The van der Waals surface area contributed by atoms with Crippen LogP contribution in [0.2, 0.25) is 0 Å². The molecule has 1 saturated heterocycles. The van der Waals surface area contributed by atoms with E-state index in [1.54, 1.807) is 13.8 Å². The fourth-order valence-corrected chi connectivity index (χ4v) is 2.56. The zero-order chi connectivity index (χ0) is 14.1. The molecule has 1 fully saturated rings. The summed E-state index contributed by atoms with van der Waals surface area (Å²) in [6, 6.07) is 0. The standard InChI is InChI=1S/C9H17N3O6/c1-8(2)5-6(17-11(13)14)7(18-12(15)16)9(3,4)10-8/h6-7,10H,5H2,1-4H3. The summed E-state index contributed by atoms with van der Waals surface area (Å²) in [7, 11) is 0. The van der Waals surface area contributed by atoms with Gasteiger partial charge < -0.3 is 15.0 Å². The molecule has 0 spiro atoms.